The van der Waals surface area contributed by atoms with Crippen LogP contribution in [0.15, 0.2) is 54.1 Å². The zero-order valence-electron chi connectivity index (χ0n) is 13.4. The maximum absolute atomic E-state index is 13.3. The summed E-state index contributed by atoms with van der Waals surface area (Å²) in [4.78, 5) is 2.43. The Morgan fingerprint density at radius 1 is 0.826 bits per heavy atom. The zero-order valence-corrected chi connectivity index (χ0v) is 13.4. The molecule has 1 fully saturated rings. The summed E-state index contributed by atoms with van der Waals surface area (Å²) in [7, 11) is 0. The first kappa shape index (κ1) is 15.9. The molecule has 1 aliphatic rings. The van der Waals surface area contributed by atoms with Crippen molar-refractivity contribution in [3.05, 3.63) is 76.9 Å². The quantitative estimate of drug-likeness (QED) is 0.780. The molecule has 2 aromatic rings. The fraction of sp³-hybridized carbons (Fsp3) is 0.300. The van der Waals surface area contributed by atoms with Crippen molar-refractivity contribution in [2.75, 3.05) is 19.6 Å². The van der Waals surface area contributed by atoms with Gasteiger partial charge in [-0.3, -0.25) is 0 Å². The van der Waals surface area contributed by atoms with E-state index in [1.165, 1.54) is 29.8 Å². The van der Waals surface area contributed by atoms with Crippen molar-refractivity contribution in [2.45, 2.75) is 19.8 Å². The number of nitrogens with zero attached hydrogens (tertiary/aromatic N) is 1. The Bertz CT molecular complexity index is 629. The normalized spacial score (nSPS) is 15.7. The Hall–Kier alpha value is -2.00. The van der Waals surface area contributed by atoms with Crippen LogP contribution in [0.2, 0.25) is 0 Å². The highest BCUT2D eigenvalue weighted by molar-refractivity contribution is 5.82. The highest BCUT2D eigenvalue weighted by atomic mass is 19.1. The summed E-state index contributed by atoms with van der Waals surface area (Å²) in [6.07, 6.45) is 2.00. The lowest BCUT2D eigenvalue weighted by Crippen LogP contribution is -2.30. The number of piperidine rings is 1. The molecular weight excluding hydrogens is 292 g/mol. The van der Waals surface area contributed by atoms with Crippen molar-refractivity contribution in [2.24, 2.45) is 0 Å². The molecule has 3 heteroatoms. The fourth-order valence-electron chi connectivity index (χ4n) is 3.20. The summed E-state index contributed by atoms with van der Waals surface area (Å²) in [5.74, 6) is -0.476. The van der Waals surface area contributed by atoms with Gasteiger partial charge in [0.1, 0.15) is 11.6 Å². The summed E-state index contributed by atoms with van der Waals surface area (Å²) in [6, 6.07) is 13.2. The van der Waals surface area contributed by atoms with E-state index in [4.69, 9.17) is 0 Å². The highest BCUT2D eigenvalue weighted by Gasteiger charge is 2.18. The van der Waals surface area contributed by atoms with E-state index in [0.717, 1.165) is 49.2 Å². The number of benzene rings is 2. The van der Waals surface area contributed by atoms with E-state index < -0.39 is 0 Å². The molecule has 0 bridgehead atoms. The van der Waals surface area contributed by atoms with Gasteiger partial charge in [0.2, 0.25) is 0 Å². The molecule has 1 saturated heterocycles. The van der Waals surface area contributed by atoms with E-state index in [2.05, 4.69) is 11.8 Å². The van der Waals surface area contributed by atoms with Crippen LogP contribution in [0.4, 0.5) is 8.78 Å². The molecule has 23 heavy (non-hydrogen) atoms. The smallest absolute Gasteiger partial charge is 0.123 e. The van der Waals surface area contributed by atoms with E-state index in [1.807, 2.05) is 24.3 Å². The topological polar surface area (TPSA) is 3.24 Å². The molecule has 0 atom stereocenters. The first-order valence-electron chi connectivity index (χ1n) is 8.13. The number of hydrogen-bond donors (Lipinski definition) is 0. The van der Waals surface area contributed by atoms with E-state index in [-0.39, 0.29) is 11.6 Å². The molecule has 0 radical (unpaired) electrons. The Kier molecular flexibility index (Phi) is 4.87. The summed E-state index contributed by atoms with van der Waals surface area (Å²) in [5.41, 5.74) is 4.49. The Morgan fingerprint density at radius 3 is 1.65 bits per heavy atom. The van der Waals surface area contributed by atoms with Crippen molar-refractivity contribution in [1.29, 1.82) is 0 Å². The highest BCUT2D eigenvalue weighted by Crippen LogP contribution is 2.32. The van der Waals surface area contributed by atoms with Crippen LogP contribution < -0.4 is 0 Å². The van der Waals surface area contributed by atoms with Crippen LogP contribution in [0.25, 0.3) is 5.57 Å². The molecular formula is C20H21F2N. The van der Waals surface area contributed by atoms with Gasteiger partial charge < -0.3 is 4.90 Å². The van der Waals surface area contributed by atoms with Gasteiger partial charge in [-0.25, -0.2) is 8.78 Å². The second-order valence-electron chi connectivity index (χ2n) is 5.93. The monoisotopic (exact) mass is 313 g/mol. The number of likely N-dealkylation sites (tertiary alicyclic amines) is 1. The summed E-state index contributed by atoms with van der Waals surface area (Å²) in [6.45, 7) is 5.32. The molecule has 0 unspecified atom stereocenters. The van der Waals surface area contributed by atoms with Crippen LogP contribution in [0.3, 0.4) is 0 Å². The van der Waals surface area contributed by atoms with Gasteiger partial charge >= 0.3 is 0 Å². The zero-order chi connectivity index (χ0) is 16.2. The summed E-state index contributed by atoms with van der Waals surface area (Å²) in [5, 5.41) is 0. The summed E-state index contributed by atoms with van der Waals surface area (Å²) < 4.78 is 26.5. The van der Waals surface area contributed by atoms with Gasteiger partial charge in [0.05, 0.1) is 0 Å². The molecule has 120 valence electrons. The third-order valence-electron chi connectivity index (χ3n) is 4.53. The summed E-state index contributed by atoms with van der Waals surface area (Å²) >= 11 is 0. The van der Waals surface area contributed by atoms with Crippen LogP contribution in [0.5, 0.6) is 0 Å². The molecule has 1 nitrogen and oxygen atoms in total. The van der Waals surface area contributed by atoms with Gasteiger partial charge in [-0.1, -0.05) is 36.8 Å². The Labute approximate surface area is 136 Å². The minimum Gasteiger partial charge on any atom is -0.303 e. The van der Waals surface area contributed by atoms with E-state index in [0.29, 0.717) is 0 Å². The van der Waals surface area contributed by atoms with E-state index >= 15 is 0 Å². The molecule has 2 aromatic carbocycles. The lowest BCUT2D eigenvalue weighted by atomic mass is 9.88. The SMILES string of the molecule is CCN1CCC(=C(c2ccc(F)cc2)c2ccc(F)cc2)CC1. The average Bonchev–Trinajstić information content (AvgIpc) is 2.59. The molecule has 0 spiro atoms. The first-order chi connectivity index (χ1) is 11.2. The number of halogens is 2. The maximum atomic E-state index is 13.3. The second kappa shape index (κ2) is 7.05. The van der Waals surface area contributed by atoms with Gasteiger partial charge in [-0.2, -0.15) is 0 Å². The van der Waals surface area contributed by atoms with Crippen molar-refractivity contribution >= 4 is 5.57 Å². The van der Waals surface area contributed by atoms with Crippen molar-refractivity contribution < 1.29 is 8.78 Å². The molecule has 0 aromatic heterocycles. The van der Waals surface area contributed by atoms with E-state index in [9.17, 15) is 8.78 Å². The Balaban J connectivity index is 2.03. The van der Waals surface area contributed by atoms with Crippen LogP contribution in [-0.4, -0.2) is 24.5 Å². The van der Waals surface area contributed by atoms with Crippen LogP contribution in [-0.2, 0) is 0 Å². The predicted octanol–water partition coefficient (Wildman–Crippen LogP) is 4.88. The fourth-order valence-corrected chi connectivity index (χ4v) is 3.20. The average molecular weight is 313 g/mol. The van der Waals surface area contributed by atoms with Crippen LogP contribution in [0.1, 0.15) is 30.9 Å². The van der Waals surface area contributed by atoms with Gasteiger partial charge in [0, 0.05) is 13.1 Å². The molecule has 0 N–H and O–H groups in total. The molecule has 0 amide bonds. The van der Waals surface area contributed by atoms with Crippen molar-refractivity contribution in [3.63, 3.8) is 0 Å². The largest absolute Gasteiger partial charge is 0.303 e. The lowest BCUT2D eigenvalue weighted by Gasteiger charge is -2.29. The van der Waals surface area contributed by atoms with Crippen molar-refractivity contribution in [1.82, 2.24) is 4.90 Å². The van der Waals surface area contributed by atoms with Gasteiger partial charge in [0.15, 0.2) is 0 Å². The third-order valence-corrected chi connectivity index (χ3v) is 4.53. The standard InChI is InChI=1S/C20H21F2N/c1-2-23-13-11-17(12-14-23)20(15-3-7-18(21)8-4-15)16-5-9-19(22)10-6-16/h3-10H,2,11-14H2,1H3. The number of hydrogen-bond acceptors (Lipinski definition) is 1. The third kappa shape index (κ3) is 3.67. The Morgan fingerprint density at radius 2 is 1.26 bits per heavy atom. The van der Waals surface area contributed by atoms with Crippen LogP contribution >= 0.6 is 0 Å². The minimum atomic E-state index is -0.238. The minimum absolute atomic E-state index is 0.238. The number of rotatable bonds is 3. The first-order valence-corrected chi connectivity index (χ1v) is 8.13. The second-order valence-corrected chi connectivity index (χ2v) is 5.93. The van der Waals surface area contributed by atoms with Gasteiger partial charge in [0.25, 0.3) is 0 Å². The van der Waals surface area contributed by atoms with Crippen LogP contribution in [0, 0.1) is 11.6 Å². The van der Waals surface area contributed by atoms with Gasteiger partial charge in [-0.05, 0) is 60.4 Å². The van der Waals surface area contributed by atoms with Gasteiger partial charge in [-0.15, -0.1) is 0 Å². The lowest BCUT2D eigenvalue weighted by molar-refractivity contribution is 0.270. The predicted molar refractivity (Wildman–Crippen MR) is 90.2 cm³/mol. The van der Waals surface area contributed by atoms with E-state index in [1.54, 1.807) is 0 Å². The molecule has 0 saturated carbocycles. The molecule has 1 aliphatic heterocycles. The maximum Gasteiger partial charge on any atom is 0.123 e. The molecule has 3 rings (SSSR count). The molecule has 0 aliphatic carbocycles. The molecule has 1 heterocycles. The van der Waals surface area contributed by atoms with Crippen molar-refractivity contribution in [3.8, 4) is 0 Å².